The zero-order valence-electron chi connectivity index (χ0n) is 15.5. The molecule has 2 aliphatic rings. The molecule has 1 aromatic rings. The van der Waals surface area contributed by atoms with Gasteiger partial charge in [0.2, 0.25) is 0 Å². The molecule has 0 spiro atoms. The van der Waals surface area contributed by atoms with Crippen molar-refractivity contribution in [3.8, 4) is 0 Å². The SMILES string of the molecule is CCNC(=NCCc1ncc(CC)s1)N1CCC(N2CCOCC2)C1. The summed E-state index contributed by atoms with van der Waals surface area (Å²) < 4.78 is 5.48. The monoisotopic (exact) mass is 365 g/mol. The van der Waals surface area contributed by atoms with Crippen molar-refractivity contribution in [2.24, 2.45) is 4.99 Å². The maximum atomic E-state index is 5.48. The summed E-state index contributed by atoms with van der Waals surface area (Å²) in [6, 6.07) is 0.638. The maximum Gasteiger partial charge on any atom is 0.193 e. The van der Waals surface area contributed by atoms with Crippen molar-refractivity contribution in [3.05, 3.63) is 16.1 Å². The predicted molar refractivity (Wildman–Crippen MR) is 104 cm³/mol. The van der Waals surface area contributed by atoms with Crippen LogP contribution >= 0.6 is 11.3 Å². The van der Waals surface area contributed by atoms with Crippen LogP contribution in [0.1, 0.15) is 30.2 Å². The topological polar surface area (TPSA) is 53.0 Å². The van der Waals surface area contributed by atoms with E-state index in [0.29, 0.717) is 6.04 Å². The van der Waals surface area contributed by atoms with E-state index in [9.17, 15) is 0 Å². The van der Waals surface area contributed by atoms with E-state index in [-0.39, 0.29) is 0 Å². The van der Waals surface area contributed by atoms with E-state index in [0.717, 1.165) is 71.3 Å². The lowest BCUT2D eigenvalue weighted by Crippen LogP contribution is -2.46. The molecular formula is C18H31N5OS. The number of thiazole rings is 1. The highest BCUT2D eigenvalue weighted by atomic mass is 32.1. The lowest BCUT2D eigenvalue weighted by atomic mass is 10.2. The Morgan fingerprint density at radius 2 is 2.20 bits per heavy atom. The van der Waals surface area contributed by atoms with E-state index in [1.807, 2.05) is 17.5 Å². The molecule has 6 nitrogen and oxygen atoms in total. The van der Waals surface area contributed by atoms with Crippen LogP contribution in [0.25, 0.3) is 0 Å². The molecular weight excluding hydrogens is 334 g/mol. The number of aromatic nitrogens is 1. The van der Waals surface area contributed by atoms with Crippen molar-refractivity contribution in [3.63, 3.8) is 0 Å². The minimum Gasteiger partial charge on any atom is -0.379 e. The number of nitrogens with one attached hydrogen (secondary N) is 1. The molecule has 0 saturated carbocycles. The minimum absolute atomic E-state index is 0.638. The third-order valence-electron chi connectivity index (χ3n) is 4.90. The van der Waals surface area contributed by atoms with Crippen molar-refractivity contribution < 1.29 is 4.74 Å². The van der Waals surface area contributed by atoms with E-state index >= 15 is 0 Å². The van der Waals surface area contributed by atoms with Gasteiger partial charge in [0.15, 0.2) is 5.96 Å². The molecule has 0 amide bonds. The highest BCUT2D eigenvalue weighted by Gasteiger charge is 2.30. The molecule has 0 bridgehead atoms. The van der Waals surface area contributed by atoms with E-state index in [2.05, 4.69) is 33.9 Å². The number of rotatable bonds is 6. The first-order valence-corrected chi connectivity index (χ1v) is 10.4. The molecule has 1 aromatic heterocycles. The van der Waals surface area contributed by atoms with Crippen molar-refractivity contribution in [2.45, 2.75) is 39.2 Å². The first-order valence-electron chi connectivity index (χ1n) is 9.58. The molecule has 25 heavy (non-hydrogen) atoms. The molecule has 1 unspecified atom stereocenters. The summed E-state index contributed by atoms with van der Waals surface area (Å²) in [4.78, 5) is 15.7. The largest absolute Gasteiger partial charge is 0.379 e. The number of hydrogen-bond acceptors (Lipinski definition) is 5. The molecule has 0 aliphatic carbocycles. The molecule has 0 aromatic carbocycles. The normalized spacial score (nSPS) is 22.6. The van der Waals surface area contributed by atoms with Crippen LogP contribution in [0.2, 0.25) is 0 Å². The Hall–Kier alpha value is -1.18. The van der Waals surface area contributed by atoms with Crippen LogP contribution in [0, 0.1) is 0 Å². The molecule has 0 radical (unpaired) electrons. The number of hydrogen-bond donors (Lipinski definition) is 1. The summed E-state index contributed by atoms with van der Waals surface area (Å²) in [6.07, 6.45) is 5.22. The average molecular weight is 366 g/mol. The van der Waals surface area contributed by atoms with E-state index in [1.54, 1.807) is 0 Å². The standard InChI is InChI=1S/C18H31N5OS/c1-3-16-13-21-17(25-16)5-7-20-18(19-4-2)23-8-6-15(14-23)22-9-11-24-12-10-22/h13,15H,3-12,14H2,1-2H3,(H,19,20). The van der Waals surface area contributed by atoms with Gasteiger partial charge in [-0.2, -0.15) is 0 Å². The van der Waals surface area contributed by atoms with Crippen LogP contribution in [0.3, 0.4) is 0 Å². The number of aryl methyl sites for hydroxylation is 1. The second kappa shape index (κ2) is 9.50. The van der Waals surface area contributed by atoms with Crippen molar-refractivity contribution >= 4 is 17.3 Å². The third-order valence-corrected chi connectivity index (χ3v) is 6.10. The molecule has 3 heterocycles. The Morgan fingerprint density at radius 3 is 2.92 bits per heavy atom. The fraction of sp³-hybridized carbons (Fsp3) is 0.778. The van der Waals surface area contributed by atoms with Gasteiger partial charge in [-0.25, -0.2) is 4.98 Å². The Balaban J connectivity index is 1.53. The van der Waals surface area contributed by atoms with Gasteiger partial charge in [0, 0.05) is 62.8 Å². The summed E-state index contributed by atoms with van der Waals surface area (Å²) in [6.45, 7) is 12.1. The minimum atomic E-state index is 0.638. The molecule has 140 valence electrons. The van der Waals surface area contributed by atoms with Gasteiger partial charge in [-0.15, -0.1) is 11.3 Å². The Morgan fingerprint density at radius 1 is 1.36 bits per heavy atom. The zero-order valence-corrected chi connectivity index (χ0v) is 16.4. The number of ether oxygens (including phenoxy) is 1. The van der Waals surface area contributed by atoms with Crippen molar-refractivity contribution in [2.75, 3.05) is 52.5 Å². The van der Waals surface area contributed by atoms with Gasteiger partial charge in [-0.05, 0) is 19.8 Å². The first-order chi connectivity index (χ1) is 12.3. The predicted octanol–water partition coefficient (Wildman–Crippen LogP) is 1.62. The summed E-state index contributed by atoms with van der Waals surface area (Å²) in [5.74, 6) is 1.06. The Labute approximate surface area is 155 Å². The highest BCUT2D eigenvalue weighted by molar-refractivity contribution is 7.11. The van der Waals surface area contributed by atoms with Gasteiger partial charge >= 0.3 is 0 Å². The van der Waals surface area contributed by atoms with Gasteiger partial charge in [-0.3, -0.25) is 9.89 Å². The lowest BCUT2D eigenvalue weighted by Gasteiger charge is -2.32. The quantitative estimate of drug-likeness (QED) is 0.613. The Kier molecular flexibility index (Phi) is 7.07. The van der Waals surface area contributed by atoms with Crippen LogP contribution in [0.4, 0.5) is 0 Å². The van der Waals surface area contributed by atoms with Gasteiger partial charge < -0.3 is 15.0 Å². The van der Waals surface area contributed by atoms with Gasteiger partial charge in [0.25, 0.3) is 0 Å². The molecule has 1 N–H and O–H groups in total. The molecule has 2 saturated heterocycles. The van der Waals surface area contributed by atoms with Crippen LogP contribution in [0.15, 0.2) is 11.2 Å². The van der Waals surface area contributed by atoms with Crippen molar-refractivity contribution in [1.29, 1.82) is 0 Å². The van der Waals surface area contributed by atoms with Crippen LogP contribution in [0.5, 0.6) is 0 Å². The van der Waals surface area contributed by atoms with Crippen molar-refractivity contribution in [1.82, 2.24) is 20.1 Å². The Bertz CT molecular complexity index is 555. The second-order valence-electron chi connectivity index (χ2n) is 6.60. The smallest absolute Gasteiger partial charge is 0.193 e. The number of aliphatic imine (C=N–C) groups is 1. The van der Waals surface area contributed by atoms with E-state index in [4.69, 9.17) is 9.73 Å². The highest BCUT2D eigenvalue weighted by Crippen LogP contribution is 2.17. The van der Waals surface area contributed by atoms with Crippen LogP contribution < -0.4 is 5.32 Å². The summed E-state index contributed by atoms with van der Waals surface area (Å²) in [7, 11) is 0. The van der Waals surface area contributed by atoms with Crippen LogP contribution in [-0.2, 0) is 17.6 Å². The summed E-state index contributed by atoms with van der Waals surface area (Å²) in [5.41, 5.74) is 0. The van der Waals surface area contributed by atoms with E-state index < -0.39 is 0 Å². The molecule has 2 fully saturated rings. The first kappa shape index (κ1) is 18.6. The number of nitrogens with zero attached hydrogens (tertiary/aromatic N) is 4. The molecule has 2 aliphatic heterocycles. The number of guanidine groups is 1. The zero-order chi connectivity index (χ0) is 17.5. The number of likely N-dealkylation sites (tertiary alicyclic amines) is 1. The fourth-order valence-corrected chi connectivity index (χ4v) is 4.34. The third kappa shape index (κ3) is 5.15. The van der Waals surface area contributed by atoms with E-state index in [1.165, 1.54) is 16.3 Å². The van der Waals surface area contributed by atoms with Gasteiger partial charge in [0.05, 0.1) is 18.2 Å². The number of morpholine rings is 1. The summed E-state index contributed by atoms with van der Waals surface area (Å²) in [5, 5.41) is 4.66. The maximum absolute atomic E-state index is 5.48. The summed E-state index contributed by atoms with van der Waals surface area (Å²) >= 11 is 1.82. The van der Waals surface area contributed by atoms with Gasteiger partial charge in [0.1, 0.15) is 0 Å². The van der Waals surface area contributed by atoms with Crippen LogP contribution in [-0.4, -0.2) is 79.3 Å². The molecule has 1 atom stereocenters. The average Bonchev–Trinajstić information content (AvgIpc) is 3.31. The lowest BCUT2D eigenvalue weighted by molar-refractivity contribution is 0.0195. The second-order valence-corrected chi connectivity index (χ2v) is 7.80. The fourth-order valence-electron chi connectivity index (χ4n) is 3.49. The van der Waals surface area contributed by atoms with Gasteiger partial charge in [-0.1, -0.05) is 6.92 Å². The molecule has 7 heteroatoms. The molecule has 3 rings (SSSR count).